The number of unbranched alkanes of at least 4 members (excludes halogenated alkanes) is 16. The zero-order valence-corrected chi connectivity index (χ0v) is 22.9. The second-order valence-electron chi connectivity index (χ2n) is 9.20. The van der Waals surface area contributed by atoms with E-state index in [-0.39, 0.29) is 11.9 Å². The van der Waals surface area contributed by atoms with Crippen LogP contribution in [-0.2, 0) is 19.1 Å². The molecule has 0 rings (SSSR count). The SMILES string of the molecule is CCCCCCCCCCCCCCCCCC(=O)OCCCC.CCCCOC(=O)CC. The maximum atomic E-state index is 11.4. The summed E-state index contributed by atoms with van der Waals surface area (Å²) < 4.78 is 9.96. The Labute approximate surface area is 207 Å². The number of hydrogen-bond acceptors (Lipinski definition) is 4. The maximum absolute atomic E-state index is 11.4. The molecule has 198 valence electrons. The van der Waals surface area contributed by atoms with Crippen molar-refractivity contribution >= 4 is 11.9 Å². The van der Waals surface area contributed by atoms with Gasteiger partial charge in [0.05, 0.1) is 13.2 Å². The summed E-state index contributed by atoms with van der Waals surface area (Å²) >= 11 is 0. The molecule has 0 amide bonds. The van der Waals surface area contributed by atoms with E-state index in [1.807, 2.05) is 0 Å². The molecule has 0 unspecified atom stereocenters. The predicted octanol–water partition coefficient (Wildman–Crippen LogP) is 9.33. The van der Waals surface area contributed by atoms with E-state index in [0.717, 1.165) is 32.1 Å². The van der Waals surface area contributed by atoms with Crippen molar-refractivity contribution in [1.82, 2.24) is 0 Å². The van der Waals surface area contributed by atoms with E-state index in [0.29, 0.717) is 26.1 Å². The van der Waals surface area contributed by atoms with Crippen LogP contribution in [0.5, 0.6) is 0 Å². The van der Waals surface area contributed by atoms with E-state index in [4.69, 9.17) is 9.47 Å². The van der Waals surface area contributed by atoms with Crippen molar-refractivity contribution in [3.05, 3.63) is 0 Å². The molecular weight excluding hydrogens is 412 g/mol. The normalized spacial score (nSPS) is 10.4. The summed E-state index contributed by atoms with van der Waals surface area (Å²) in [5.41, 5.74) is 0. The van der Waals surface area contributed by atoms with Crippen molar-refractivity contribution in [3.8, 4) is 0 Å². The highest BCUT2D eigenvalue weighted by atomic mass is 16.5. The third-order valence-electron chi connectivity index (χ3n) is 5.80. The summed E-state index contributed by atoms with van der Waals surface area (Å²) in [6.07, 6.45) is 25.6. The molecule has 0 aliphatic rings. The van der Waals surface area contributed by atoms with E-state index in [1.54, 1.807) is 6.92 Å². The van der Waals surface area contributed by atoms with Crippen molar-refractivity contribution in [2.24, 2.45) is 0 Å². The van der Waals surface area contributed by atoms with Gasteiger partial charge < -0.3 is 9.47 Å². The zero-order valence-electron chi connectivity index (χ0n) is 22.9. The second-order valence-corrected chi connectivity index (χ2v) is 9.20. The van der Waals surface area contributed by atoms with Crippen LogP contribution in [0.15, 0.2) is 0 Å². The van der Waals surface area contributed by atoms with Crippen LogP contribution in [0.4, 0.5) is 0 Å². The molecule has 0 bridgehead atoms. The first-order valence-corrected chi connectivity index (χ1v) is 14.4. The lowest BCUT2D eigenvalue weighted by atomic mass is 10.0. The van der Waals surface area contributed by atoms with Gasteiger partial charge in [0.1, 0.15) is 0 Å². The fraction of sp³-hybridized carbons (Fsp3) is 0.931. The van der Waals surface area contributed by atoms with Gasteiger partial charge in [-0.2, -0.15) is 0 Å². The van der Waals surface area contributed by atoms with Crippen molar-refractivity contribution in [2.45, 2.75) is 163 Å². The molecule has 4 nitrogen and oxygen atoms in total. The third kappa shape index (κ3) is 33.2. The van der Waals surface area contributed by atoms with Crippen LogP contribution in [0.25, 0.3) is 0 Å². The van der Waals surface area contributed by atoms with Gasteiger partial charge in [-0.05, 0) is 19.3 Å². The molecule has 0 N–H and O–H groups in total. The van der Waals surface area contributed by atoms with Gasteiger partial charge in [0, 0.05) is 12.8 Å². The van der Waals surface area contributed by atoms with E-state index in [1.165, 1.54) is 89.9 Å². The predicted molar refractivity (Wildman–Crippen MR) is 142 cm³/mol. The highest BCUT2D eigenvalue weighted by molar-refractivity contribution is 5.69. The Morgan fingerprint density at radius 3 is 1.12 bits per heavy atom. The van der Waals surface area contributed by atoms with Crippen LogP contribution < -0.4 is 0 Å². The molecule has 0 aromatic carbocycles. The van der Waals surface area contributed by atoms with Gasteiger partial charge in [0.15, 0.2) is 0 Å². The molecule has 0 atom stereocenters. The van der Waals surface area contributed by atoms with Crippen LogP contribution in [0.1, 0.15) is 163 Å². The molecule has 0 aliphatic carbocycles. The minimum Gasteiger partial charge on any atom is -0.466 e. The first kappa shape index (κ1) is 34.1. The second kappa shape index (κ2) is 30.9. The lowest BCUT2D eigenvalue weighted by Crippen LogP contribution is -2.05. The molecule has 0 spiro atoms. The van der Waals surface area contributed by atoms with E-state index in [2.05, 4.69) is 20.8 Å². The van der Waals surface area contributed by atoms with Crippen LogP contribution in [0.3, 0.4) is 0 Å². The molecular formula is C29H58O4. The fourth-order valence-corrected chi connectivity index (χ4v) is 3.48. The highest BCUT2D eigenvalue weighted by Crippen LogP contribution is 2.13. The van der Waals surface area contributed by atoms with Crippen LogP contribution in [0.2, 0.25) is 0 Å². The van der Waals surface area contributed by atoms with Crippen molar-refractivity contribution < 1.29 is 19.1 Å². The van der Waals surface area contributed by atoms with Gasteiger partial charge in [0.2, 0.25) is 0 Å². The van der Waals surface area contributed by atoms with Gasteiger partial charge in [-0.25, -0.2) is 0 Å². The molecule has 33 heavy (non-hydrogen) atoms. The minimum absolute atomic E-state index is 0.00172. The van der Waals surface area contributed by atoms with E-state index >= 15 is 0 Å². The van der Waals surface area contributed by atoms with Gasteiger partial charge in [-0.3, -0.25) is 9.59 Å². The van der Waals surface area contributed by atoms with E-state index in [9.17, 15) is 9.59 Å². The third-order valence-corrected chi connectivity index (χ3v) is 5.80. The largest absolute Gasteiger partial charge is 0.466 e. The summed E-state index contributed by atoms with van der Waals surface area (Å²) in [6.45, 7) is 9.45. The molecule has 0 heterocycles. The van der Waals surface area contributed by atoms with Crippen LogP contribution in [0, 0.1) is 0 Å². The Bertz CT molecular complexity index is 395. The standard InChI is InChI=1S/C22H44O2.C7H14O2/c1-3-5-7-8-9-10-11-12-13-14-15-16-17-18-19-20-22(23)24-21-6-4-2;1-3-5-6-9-7(8)4-2/h3-21H2,1-2H3;3-6H2,1-2H3. The Morgan fingerprint density at radius 2 is 0.758 bits per heavy atom. The molecule has 4 heteroatoms. The first-order valence-electron chi connectivity index (χ1n) is 14.4. The van der Waals surface area contributed by atoms with Crippen molar-refractivity contribution in [2.75, 3.05) is 13.2 Å². The average Bonchev–Trinajstić information content (AvgIpc) is 2.82. The Balaban J connectivity index is 0. The van der Waals surface area contributed by atoms with Crippen molar-refractivity contribution in [3.63, 3.8) is 0 Å². The van der Waals surface area contributed by atoms with Gasteiger partial charge in [0.25, 0.3) is 0 Å². The Morgan fingerprint density at radius 1 is 0.424 bits per heavy atom. The topological polar surface area (TPSA) is 52.6 Å². The molecule has 0 saturated carbocycles. The number of esters is 2. The van der Waals surface area contributed by atoms with E-state index < -0.39 is 0 Å². The number of ether oxygens (including phenoxy) is 2. The summed E-state index contributed by atoms with van der Waals surface area (Å²) in [5.74, 6) is -0.0957. The molecule has 0 aromatic heterocycles. The molecule has 0 saturated heterocycles. The number of carbonyl (C=O) groups excluding carboxylic acids is 2. The molecule has 0 fully saturated rings. The lowest BCUT2D eigenvalue weighted by molar-refractivity contribution is -0.144. The van der Waals surface area contributed by atoms with Crippen LogP contribution >= 0.6 is 0 Å². The van der Waals surface area contributed by atoms with Crippen molar-refractivity contribution in [1.29, 1.82) is 0 Å². The zero-order chi connectivity index (χ0) is 24.8. The first-order chi connectivity index (χ1) is 16.1. The van der Waals surface area contributed by atoms with Crippen LogP contribution in [-0.4, -0.2) is 25.2 Å². The highest BCUT2D eigenvalue weighted by Gasteiger charge is 2.02. The summed E-state index contributed by atoms with van der Waals surface area (Å²) in [7, 11) is 0. The lowest BCUT2D eigenvalue weighted by Gasteiger charge is -2.04. The number of rotatable bonds is 23. The Hall–Kier alpha value is -1.06. The van der Waals surface area contributed by atoms with Gasteiger partial charge >= 0.3 is 11.9 Å². The average molecular weight is 471 g/mol. The molecule has 0 aromatic rings. The summed E-state index contributed by atoms with van der Waals surface area (Å²) in [5, 5.41) is 0. The number of hydrogen-bond donors (Lipinski definition) is 0. The summed E-state index contributed by atoms with van der Waals surface area (Å²) in [4.78, 5) is 21.9. The smallest absolute Gasteiger partial charge is 0.305 e. The summed E-state index contributed by atoms with van der Waals surface area (Å²) in [6, 6.07) is 0. The monoisotopic (exact) mass is 470 g/mol. The fourth-order valence-electron chi connectivity index (χ4n) is 3.48. The Kier molecular flexibility index (Phi) is 32.0. The van der Waals surface area contributed by atoms with Gasteiger partial charge in [-0.1, -0.05) is 130 Å². The quantitative estimate of drug-likeness (QED) is 0.110. The molecule has 0 radical (unpaired) electrons. The molecule has 0 aliphatic heterocycles. The number of carbonyl (C=O) groups is 2. The minimum atomic E-state index is -0.0940. The van der Waals surface area contributed by atoms with Gasteiger partial charge in [-0.15, -0.1) is 0 Å². The maximum Gasteiger partial charge on any atom is 0.305 e.